The summed E-state index contributed by atoms with van der Waals surface area (Å²) in [6, 6.07) is 26.4. The topological polar surface area (TPSA) is 125 Å². The number of allylic oxidation sites excluding steroid dienone is 2. The molecule has 4 aliphatic rings. The summed E-state index contributed by atoms with van der Waals surface area (Å²) in [5.74, 6) is -4.05. The first-order chi connectivity index (χ1) is 26.1. The summed E-state index contributed by atoms with van der Waals surface area (Å²) < 4.78 is 12.1. The van der Waals surface area contributed by atoms with E-state index in [1.54, 1.807) is 55.6 Å². The average molecular weight is 879 g/mol. The normalized spacial score (nSPS) is 25.9. The summed E-state index contributed by atoms with van der Waals surface area (Å²) in [6.07, 6.45) is 2.45. The van der Waals surface area contributed by atoms with Crippen LogP contribution in [0.15, 0.2) is 103 Å². The van der Waals surface area contributed by atoms with E-state index < -0.39 is 46.8 Å². The van der Waals surface area contributed by atoms with Crippen molar-refractivity contribution in [2.24, 2.45) is 23.7 Å². The monoisotopic (exact) mass is 877 g/mol. The van der Waals surface area contributed by atoms with Crippen molar-refractivity contribution in [1.29, 1.82) is 0 Å². The molecule has 8 rings (SSSR count). The summed E-state index contributed by atoms with van der Waals surface area (Å²) in [5.41, 5.74) is 4.49. The smallest absolute Gasteiger partial charge is 0.260 e. The first kappa shape index (κ1) is 36.5. The minimum Gasteiger partial charge on any atom is -0.497 e. The molecule has 13 heteroatoms. The van der Waals surface area contributed by atoms with Crippen molar-refractivity contribution in [3.8, 4) is 11.5 Å². The maximum Gasteiger partial charge on any atom is 0.260 e. The molecule has 10 nitrogen and oxygen atoms in total. The predicted molar refractivity (Wildman–Crippen MR) is 211 cm³/mol. The summed E-state index contributed by atoms with van der Waals surface area (Å²) in [7, 11) is 1.55. The third-order valence-electron chi connectivity index (χ3n) is 11.2. The number of amides is 4. The van der Waals surface area contributed by atoms with Gasteiger partial charge in [-0.1, -0.05) is 59.1 Å². The van der Waals surface area contributed by atoms with Gasteiger partial charge < -0.3 is 14.6 Å². The van der Waals surface area contributed by atoms with E-state index in [2.05, 4.69) is 28.0 Å². The third-order valence-corrected chi connectivity index (χ3v) is 12.5. The number of carbonyl (C=O) groups is 4. The highest BCUT2D eigenvalue weighted by Crippen LogP contribution is 2.64. The fourth-order valence-corrected chi connectivity index (χ4v) is 9.79. The number of nitrogens with zero attached hydrogens (tertiary/aromatic N) is 2. The van der Waals surface area contributed by atoms with Gasteiger partial charge in [-0.3, -0.25) is 29.5 Å². The Kier molecular flexibility index (Phi) is 9.70. The molecule has 0 spiro atoms. The standard InChI is InChI=1S/C41H34Cl2IN3O7/c1-53-27-13-4-23(5-14-27)41-32(38(50)47(40(41)52)45-34-17-6-24(42)20-33(34)43)21-31-29(36(41)22-2-11-28(12-3-22)54-19-18-48)15-16-30-35(31)39(51)46(37(30)49)26-9-7-25(44)8-10-26/h2-15,17,20,30-32,35-36,45,48H,16,18-19,21H2,1H3/t30-,31+,32-,35-,36-,41+/m0/s1. The number of hydrogen-bond donors (Lipinski definition) is 2. The van der Waals surface area contributed by atoms with Gasteiger partial charge in [0.25, 0.3) is 11.8 Å². The van der Waals surface area contributed by atoms with Crippen LogP contribution in [0.5, 0.6) is 11.5 Å². The Hall–Kier alpha value is -4.43. The Morgan fingerprint density at radius 3 is 2.24 bits per heavy atom. The molecular formula is C41H34Cl2IN3O7. The Balaban J connectivity index is 1.31. The Bertz CT molecular complexity index is 2200. The highest BCUT2D eigenvalue weighted by Gasteiger charge is 2.70. The average Bonchev–Trinajstić information content (AvgIpc) is 3.56. The zero-order valence-corrected chi connectivity index (χ0v) is 32.5. The number of hydrazine groups is 1. The van der Waals surface area contributed by atoms with Gasteiger partial charge in [-0.15, -0.1) is 0 Å². The number of ether oxygens (including phenoxy) is 2. The number of nitrogens with one attached hydrogen (secondary N) is 1. The van der Waals surface area contributed by atoms with Crippen molar-refractivity contribution in [3.63, 3.8) is 0 Å². The van der Waals surface area contributed by atoms with Crippen LogP contribution in [0, 0.1) is 27.2 Å². The number of hydrogen-bond acceptors (Lipinski definition) is 8. The van der Waals surface area contributed by atoms with Crippen LogP contribution in [0.2, 0.25) is 10.0 Å². The number of imide groups is 2. The molecule has 3 fully saturated rings. The van der Waals surface area contributed by atoms with Gasteiger partial charge in [0, 0.05) is 14.5 Å². The molecule has 276 valence electrons. The van der Waals surface area contributed by atoms with E-state index in [0.717, 1.165) is 19.7 Å². The van der Waals surface area contributed by atoms with Crippen LogP contribution in [-0.2, 0) is 24.6 Å². The van der Waals surface area contributed by atoms with Crippen LogP contribution in [0.1, 0.15) is 29.9 Å². The predicted octanol–water partition coefficient (Wildman–Crippen LogP) is 7.17. The Labute approximate surface area is 335 Å². The molecule has 2 N–H and O–H groups in total. The zero-order valence-electron chi connectivity index (χ0n) is 28.9. The van der Waals surface area contributed by atoms with Gasteiger partial charge in [0.15, 0.2) is 0 Å². The van der Waals surface area contributed by atoms with E-state index in [1.807, 2.05) is 42.5 Å². The highest BCUT2D eigenvalue weighted by atomic mass is 127. The number of benzene rings is 4. The number of carbonyl (C=O) groups excluding carboxylic acids is 4. The van der Waals surface area contributed by atoms with Crippen LogP contribution in [0.4, 0.5) is 11.4 Å². The van der Waals surface area contributed by atoms with Crippen molar-refractivity contribution in [2.45, 2.75) is 24.2 Å². The molecule has 0 unspecified atom stereocenters. The fraction of sp³-hybridized carbons (Fsp3) is 0.268. The number of aliphatic hydroxyl groups is 1. The van der Waals surface area contributed by atoms with E-state index in [4.69, 9.17) is 32.7 Å². The van der Waals surface area contributed by atoms with Crippen molar-refractivity contribution in [1.82, 2.24) is 5.01 Å². The number of methoxy groups -OCH3 is 1. The van der Waals surface area contributed by atoms with Crippen LogP contribution >= 0.6 is 45.8 Å². The van der Waals surface area contributed by atoms with Gasteiger partial charge in [0.05, 0.1) is 53.3 Å². The van der Waals surface area contributed by atoms with Gasteiger partial charge in [-0.05, 0) is 119 Å². The first-order valence-corrected chi connectivity index (χ1v) is 19.3. The quantitative estimate of drug-likeness (QED) is 0.103. The lowest BCUT2D eigenvalue weighted by Crippen LogP contribution is -2.53. The van der Waals surface area contributed by atoms with Crippen LogP contribution in [-0.4, -0.2) is 54.1 Å². The van der Waals surface area contributed by atoms with E-state index in [0.29, 0.717) is 39.9 Å². The minimum atomic E-state index is -1.49. The molecule has 0 bridgehead atoms. The third kappa shape index (κ3) is 5.78. The fourth-order valence-electron chi connectivity index (χ4n) is 8.98. The summed E-state index contributed by atoms with van der Waals surface area (Å²) in [6.45, 7) is -0.0577. The number of aliphatic hydroxyl groups excluding tert-OH is 1. The number of fused-ring (bicyclic) bond motifs is 4. The van der Waals surface area contributed by atoms with Gasteiger partial charge >= 0.3 is 0 Å². The van der Waals surface area contributed by atoms with E-state index in [9.17, 15) is 19.5 Å². The summed E-state index contributed by atoms with van der Waals surface area (Å²) in [5, 5.41) is 11.0. The van der Waals surface area contributed by atoms with Crippen LogP contribution in [0.25, 0.3) is 0 Å². The second kappa shape index (κ2) is 14.3. The van der Waals surface area contributed by atoms with E-state index in [1.165, 1.54) is 11.0 Å². The minimum absolute atomic E-state index is 0.102. The van der Waals surface area contributed by atoms with Crippen molar-refractivity contribution in [3.05, 3.63) is 127 Å². The molecule has 2 heterocycles. The van der Waals surface area contributed by atoms with Crippen molar-refractivity contribution >= 4 is 80.8 Å². The molecule has 2 aliphatic heterocycles. The highest BCUT2D eigenvalue weighted by molar-refractivity contribution is 14.1. The number of halogens is 3. The molecule has 4 aromatic rings. The molecule has 54 heavy (non-hydrogen) atoms. The molecular weight excluding hydrogens is 844 g/mol. The second-order valence-electron chi connectivity index (χ2n) is 13.8. The van der Waals surface area contributed by atoms with Gasteiger partial charge in [0.1, 0.15) is 18.1 Å². The lowest BCUT2D eigenvalue weighted by Gasteiger charge is -2.50. The lowest BCUT2D eigenvalue weighted by molar-refractivity contribution is -0.138. The summed E-state index contributed by atoms with van der Waals surface area (Å²) >= 11 is 14.9. The SMILES string of the molecule is COc1ccc([C@@]23C(=O)N(Nc4ccc(Cl)cc4Cl)C(=O)[C@@H]2C[C@@H]2C(=CC[C@@H]4C(=O)N(c5ccc(I)cc5)C(=O)[C@@H]42)[C@@H]3c2ccc(OCCO)cc2)cc1. The first-order valence-electron chi connectivity index (χ1n) is 17.5. The lowest BCUT2D eigenvalue weighted by atomic mass is 9.49. The maximum atomic E-state index is 15.4. The second-order valence-corrected chi connectivity index (χ2v) is 15.9. The molecule has 2 saturated heterocycles. The van der Waals surface area contributed by atoms with E-state index in [-0.39, 0.29) is 36.5 Å². The van der Waals surface area contributed by atoms with E-state index >= 15 is 4.79 Å². The van der Waals surface area contributed by atoms with Gasteiger partial charge in [-0.25, -0.2) is 0 Å². The van der Waals surface area contributed by atoms with Crippen LogP contribution < -0.4 is 19.8 Å². The van der Waals surface area contributed by atoms with Crippen molar-refractivity contribution < 1.29 is 33.8 Å². The molecule has 4 aromatic carbocycles. The molecule has 4 amide bonds. The van der Waals surface area contributed by atoms with Crippen molar-refractivity contribution in [2.75, 3.05) is 30.6 Å². The maximum absolute atomic E-state index is 15.4. The summed E-state index contributed by atoms with van der Waals surface area (Å²) in [4.78, 5) is 60.2. The Morgan fingerprint density at radius 2 is 1.57 bits per heavy atom. The molecule has 0 radical (unpaired) electrons. The Morgan fingerprint density at radius 1 is 0.870 bits per heavy atom. The van der Waals surface area contributed by atoms with Gasteiger partial charge in [0.2, 0.25) is 11.8 Å². The van der Waals surface area contributed by atoms with Gasteiger partial charge in [-0.2, -0.15) is 5.01 Å². The largest absolute Gasteiger partial charge is 0.497 e. The molecule has 0 aromatic heterocycles. The zero-order chi connectivity index (χ0) is 37.9. The molecule has 2 aliphatic carbocycles. The number of anilines is 2. The number of rotatable bonds is 9. The molecule has 1 saturated carbocycles. The van der Waals surface area contributed by atoms with Crippen LogP contribution in [0.3, 0.4) is 0 Å². The molecule has 6 atom stereocenters.